The predicted octanol–water partition coefficient (Wildman–Crippen LogP) is 12.0. The van der Waals surface area contributed by atoms with Gasteiger partial charge in [-0.2, -0.15) is 19.2 Å². The van der Waals surface area contributed by atoms with Crippen molar-refractivity contribution < 1.29 is 73.3 Å². The van der Waals surface area contributed by atoms with Crippen LogP contribution < -0.4 is 61.1 Å². The van der Waals surface area contributed by atoms with Gasteiger partial charge in [0.1, 0.15) is 0 Å². The van der Waals surface area contributed by atoms with Crippen molar-refractivity contribution in [3.63, 3.8) is 0 Å². The third kappa shape index (κ3) is 13.2. The van der Waals surface area contributed by atoms with Crippen molar-refractivity contribution in [2.45, 2.75) is 27.2 Å². The number of fused-ring (bicyclic) bond motifs is 8. The number of benzene rings is 10. The Kier molecular flexibility index (Phi) is 23.1. The number of rotatable bonds is 10. The van der Waals surface area contributed by atoms with Crippen LogP contribution in [-0.2, 0) is 35.1 Å². The van der Waals surface area contributed by atoms with Gasteiger partial charge < -0.3 is 33.6 Å². The van der Waals surface area contributed by atoms with Gasteiger partial charge in [0.05, 0.1) is 80.3 Å². The quantitative estimate of drug-likeness (QED) is 0.0407. The summed E-state index contributed by atoms with van der Waals surface area (Å²) >= 11 is 9.53. The zero-order valence-electron chi connectivity index (χ0n) is 51.8. The maximum absolute atomic E-state index is 14.0. The van der Waals surface area contributed by atoms with Crippen LogP contribution in [-0.4, -0.2) is 57.6 Å². The van der Waals surface area contributed by atoms with Crippen molar-refractivity contribution in [1.82, 2.24) is 8.80 Å². The molecule has 0 aliphatic rings. The number of halogens is 2. The van der Waals surface area contributed by atoms with Gasteiger partial charge in [-0.05, 0) is 147 Å². The fourth-order valence-corrected chi connectivity index (χ4v) is 12.1. The van der Waals surface area contributed by atoms with E-state index >= 15 is 0 Å². The van der Waals surface area contributed by atoms with Crippen LogP contribution in [0.5, 0.6) is 0 Å². The van der Waals surface area contributed by atoms with E-state index in [0.29, 0.717) is 105 Å². The number of aromatic nitrogens is 2. The first-order valence-corrected chi connectivity index (χ1v) is 30.1. The molecule has 95 heavy (non-hydrogen) atoms. The Hall–Kier alpha value is -10.7. The summed E-state index contributed by atoms with van der Waals surface area (Å²) in [5, 5.41) is 3.84. The number of aryl methyl sites for hydroxylation is 2. The first-order valence-electron chi connectivity index (χ1n) is 29.1. The molecule has 0 amide bonds. The second-order valence-corrected chi connectivity index (χ2v) is 21.6. The predicted molar refractivity (Wildman–Crippen MR) is 367 cm³/mol. The molecule has 468 valence electrons. The summed E-state index contributed by atoms with van der Waals surface area (Å²) in [6.45, 7) is 6.19. The average Bonchev–Trinajstić information content (AvgIpc) is 0.699. The van der Waals surface area contributed by atoms with Crippen LogP contribution in [0.25, 0.3) is 76.2 Å². The van der Waals surface area contributed by atoms with E-state index in [-0.39, 0.29) is 81.0 Å². The van der Waals surface area contributed by atoms with Gasteiger partial charge in [0.25, 0.3) is 0 Å². The normalized spacial score (nSPS) is 10.5. The molecule has 0 radical (unpaired) electrons. The van der Waals surface area contributed by atoms with Crippen LogP contribution in [0.1, 0.15) is 45.7 Å². The van der Waals surface area contributed by atoms with Crippen molar-refractivity contribution >= 4 is 158 Å². The Balaban J connectivity index is 0.000000213. The third-order valence-electron chi connectivity index (χ3n) is 15.9. The number of alkyl halides is 2. The number of hydrogen-bond acceptors (Lipinski definition) is 15. The number of esters is 2. The minimum absolute atomic E-state index is 0. The Labute approximate surface area is 573 Å². The zero-order chi connectivity index (χ0) is 66.0. The number of para-hydroxylation sites is 8. The molecule has 14 aromatic rings. The fraction of sp³-hybridized carbons (Fsp3) is 0.0933. The molecular formula is C75H55Cl2N4NaO13. The average molecular weight is 1310 g/mol. The molecule has 4 heterocycles. The van der Waals surface area contributed by atoms with E-state index < -0.39 is 11.9 Å². The molecule has 0 aliphatic carbocycles. The number of anilines is 6. The van der Waals surface area contributed by atoms with E-state index in [4.69, 9.17) is 51.9 Å². The standard InChI is InChI=1S/C38H36N2O4.C34H16N2O4.CH2Cl2.2CO2.Na.H2O/c1-5-28-25-32(38(42)44-6-2)36(26-35(28)39(29-18-9-7-10-19-29)33-23-15-13-17-27(33)3)40(30-20-11-8-12-21-30)34-24-16-14-22-31(34)37(41)43-4;37-31-17-7-1-3-13-25(17)35-27-16-28-24(15-23(27)33(39)21-11-5-9-19(31)29(21)35)34(40)22-12-6-10-20-30(22)36(28)26-14-4-2-8-18(26)32(20)38;3*2-1-3;;/h7-26H,5-6H2,1-4H3;1-16H;1H2;;;;1H2/q;;;;;+1;/p-1. The number of hydrogen-bond donors (Lipinski definition) is 0. The van der Waals surface area contributed by atoms with E-state index in [2.05, 4.69) is 43.0 Å². The van der Waals surface area contributed by atoms with E-state index in [0.717, 1.165) is 33.9 Å². The van der Waals surface area contributed by atoms with Gasteiger partial charge in [-0.15, -0.1) is 23.2 Å². The van der Waals surface area contributed by atoms with E-state index in [9.17, 15) is 28.8 Å². The molecule has 0 aliphatic heterocycles. The van der Waals surface area contributed by atoms with Crippen molar-refractivity contribution in [1.29, 1.82) is 0 Å². The number of nitrogens with zero attached hydrogens (tertiary/aromatic N) is 4. The molecule has 20 heteroatoms. The Bertz CT molecular complexity index is 5310. The molecular weight excluding hydrogens is 1260 g/mol. The van der Waals surface area contributed by atoms with E-state index in [1.807, 2.05) is 141 Å². The van der Waals surface area contributed by atoms with Crippen LogP contribution in [0.15, 0.2) is 238 Å². The second kappa shape index (κ2) is 31.3. The minimum atomic E-state index is -0.476. The van der Waals surface area contributed by atoms with Gasteiger partial charge in [0, 0.05) is 60.2 Å². The SMILES string of the molecule is CCOC(=O)c1cc(CC)c(N(c2ccccc2)c2ccccc2C)cc1N(c1ccccc1)c1ccccc1C(=O)OC.ClCCl.O=C=O.O=C=O.O=c1c2ccccc2n2c3cc4c(cc3c(=O)c3cccc1c32)c(=O)c1cccc2c(=O)c3ccccc3n4c21.[Na+].[OH-]. The van der Waals surface area contributed by atoms with E-state index in [1.54, 1.807) is 73.7 Å². The third-order valence-corrected chi connectivity index (χ3v) is 15.9. The Morgan fingerprint density at radius 1 is 0.432 bits per heavy atom. The number of ether oxygens (including phenoxy) is 2. The van der Waals surface area contributed by atoms with Crippen LogP contribution in [0.4, 0.5) is 34.1 Å². The van der Waals surface area contributed by atoms with Gasteiger partial charge in [0.2, 0.25) is 0 Å². The Morgan fingerprint density at radius 2 is 0.821 bits per heavy atom. The molecule has 17 nitrogen and oxygen atoms in total. The molecule has 0 unspecified atom stereocenters. The molecule has 0 fully saturated rings. The van der Waals surface area contributed by atoms with Gasteiger partial charge >= 0.3 is 53.8 Å². The van der Waals surface area contributed by atoms with Crippen molar-refractivity contribution in [2.24, 2.45) is 0 Å². The number of carbonyl (C=O) groups is 2. The maximum Gasteiger partial charge on any atom is 1.00 e. The summed E-state index contributed by atoms with van der Waals surface area (Å²) < 4.78 is 14.7. The van der Waals surface area contributed by atoms with Crippen molar-refractivity contribution in [3.8, 4) is 0 Å². The van der Waals surface area contributed by atoms with Gasteiger partial charge in [-0.25, -0.2) is 9.59 Å². The Morgan fingerprint density at radius 3 is 1.26 bits per heavy atom. The number of carbonyl (C=O) groups excluding carboxylic acids is 6. The fourth-order valence-electron chi connectivity index (χ4n) is 12.1. The second-order valence-electron chi connectivity index (χ2n) is 20.8. The maximum atomic E-state index is 14.0. The smallest absolute Gasteiger partial charge is 0.870 e. The molecule has 14 rings (SSSR count). The van der Waals surface area contributed by atoms with Gasteiger partial charge in [0.15, 0.2) is 21.7 Å². The molecule has 4 aromatic heterocycles. The monoisotopic (exact) mass is 1310 g/mol. The van der Waals surface area contributed by atoms with E-state index in [1.165, 1.54) is 7.11 Å². The summed E-state index contributed by atoms with van der Waals surface area (Å²) in [4.78, 5) is 118. The summed E-state index contributed by atoms with van der Waals surface area (Å²) in [7, 11) is 1.37. The minimum Gasteiger partial charge on any atom is -0.870 e. The molecule has 0 saturated carbocycles. The van der Waals surface area contributed by atoms with Crippen LogP contribution in [0.3, 0.4) is 0 Å². The summed E-state index contributed by atoms with van der Waals surface area (Å²) in [6, 6.07) is 68.0. The van der Waals surface area contributed by atoms with Crippen LogP contribution >= 0.6 is 23.2 Å². The molecule has 0 saturated heterocycles. The number of pyridine rings is 4. The first kappa shape index (κ1) is 70.2. The van der Waals surface area contributed by atoms with Crippen molar-refractivity contribution in [3.05, 3.63) is 282 Å². The zero-order valence-corrected chi connectivity index (χ0v) is 55.3. The molecule has 0 spiro atoms. The van der Waals surface area contributed by atoms with Crippen molar-refractivity contribution in [2.75, 3.05) is 28.9 Å². The summed E-state index contributed by atoms with van der Waals surface area (Å²) in [5.74, 6) is -0.919. The van der Waals surface area contributed by atoms with Crippen LogP contribution in [0.2, 0.25) is 0 Å². The first-order chi connectivity index (χ1) is 45.3. The van der Waals surface area contributed by atoms with Gasteiger partial charge in [-0.3, -0.25) is 19.2 Å². The largest absolute Gasteiger partial charge is 1.00 e. The van der Waals surface area contributed by atoms with Gasteiger partial charge in [-0.1, -0.05) is 110 Å². The molecule has 10 aromatic carbocycles. The summed E-state index contributed by atoms with van der Waals surface area (Å²) in [6.07, 6.45) is 1.17. The summed E-state index contributed by atoms with van der Waals surface area (Å²) in [5.41, 5.74) is 10.6. The molecule has 0 bridgehead atoms. The molecule has 1 N–H and O–H groups in total. The van der Waals surface area contributed by atoms with Crippen LogP contribution in [0, 0.1) is 6.92 Å². The topological polar surface area (TPSA) is 234 Å². The molecule has 0 atom stereocenters. The number of methoxy groups -OCH3 is 1.